The maximum atomic E-state index is 12.8. The fourth-order valence-electron chi connectivity index (χ4n) is 2.71. The molecule has 1 heterocycles. The van der Waals surface area contributed by atoms with Gasteiger partial charge in [0.2, 0.25) is 0 Å². The second-order valence-electron chi connectivity index (χ2n) is 6.19. The minimum atomic E-state index is -0.295. The largest absolute Gasteiger partial charge is 0.303 e. The van der Waals surface area contributed by atoms with Crippen LogP contribution in [-0.2, 0) is 0 Å². The predicted molar refractivity (Wildman–Crippen MR) is 79.4 cm³/mol. The van der Waals surface area contributed by atoms with E-state index >= 15 is 0 Å². The number of nitrogens with zero attached hydrogens (tertiary/aromatic N) is 1. The van der Waals surface area contributed by atoms with E-state index in [1.807, 2.05) is 0 Å². The van der Waals surface area contributed by atoms with Gasteiger partial charge in [-0.2, -0.15) is 0 Å². The molecule has 0 amide bonds. The number of hydrogen-bond acceptors (Lipinski definition) is 2. The van der Waals surface area contributed by atoms with Crippen molar-refractivity contribution in [2.24, 2.45) is 5.41 Å². The van der Waals surface area contributed by atoms with Crippen molar-refractivity contribution in [2.75, 3.05) is 19.6 Å². The number of carbonyl (C=O) groups is 1. The lowest BCUT2D eigenvalue weighted by Gasteiger charge is -2.38. The fraction of sp³-hybridized carbons (Fsp3) is 0.588. The molecule has 20 heavy (non-hydrogen) atoms. The first-order valence-electron chi connectivity index (χ1n) is 7.53. The zero-order chi connectivity index (χ0) is 14.6. The second-order valence-corrected chi connectivity index (χ2v) is 6.19. The van der Waals surface area contributed by atoms with Gasteiger partial charge in [-0.25, -0.2) is 4.39 Å². The van der Waals surface area contributed by atoms with Crippen molar-refractivity contribution < 1.29 is 9.18 Å². The average molecular weight is 277 g/mol. The van der Waals surface area contributed by atoms with Crippen LogP contribution in [0, 0.1) is 11.2 Å². The Morgan fingerprint density at radius 1 is 1.25 bits per heavy atom. The van der Waals surface area contributed by atoms with Crippen molar-refractivity contribution >= 4 is 5.78 Å². The summed E-state index contributed by atoms with van der Waals surface area (Å²) in [6.45, 7) is 7.60. The molecule has 1 fully saturated rings. The van der Waals surface area contributed by atoms with E-state index in [0.717, 1.165) is 19.6 Å². The van der Waals surface area contributed by atoms with E-state index in [9.17, 15) is 9.18 Å². The third-order valence-corrected chi connectivity index (χ3v) is 4.74. The Kier molecular flexibility index (Phi) is 4.92. The van der Waals surface area contributed by atoms with Gasteiger partial charge in [0.1, 0.15) is 5.82 Å². The van der Waals surface area contributed by atoms with Crippen LogP contribution in [0.1, 0.15) is 49.9 Å². The Hall–Kier alpha value is -1.22. The molecule has 0 aliphatic carbocycles. The minimum absolute atomic E-state index is 0.105. The molecular weight excluding hydrogens is 253 g/mol. The molecule has 0 aromatic heterocycles. The summed E-state index contributed by atoms with van der Waals surface area (Å²) in [5.74, 6) is -0.190. The first-order chi connectivity index (χ1) is 9.52. The summed E-state index contributed by atoms with van der Waals surface area (Å²) in [5.41, 5.74) is 1.10. The molecule has 110 valence electrons. The monoisotopic (exact) mass is 277 g/mol. The number of halogens is 1. The zero-order valence-electron chi connectivity index (χ0n) is 12.5. The molecule has 0 spiro atoms. The lowest BCUT2D eigenvalue weighted by Crippen LogP contribution is -2.39. The van der Waals surface area contributed by atoms with E-state index < -0.39 is 0 Å². The van der Waals surface area contributed by atoms with Gasteiger partial charge in [0.15, 0.2) is 5.78 Å². The van der Waals surface area contributed by atoms with E-state index in [-0.39, 0.29) is 11.6 Å². The number of benzene rings is 1. The smallest absolute Gasteiger partial charge is 0.164 e. The van der Waals surface area contributed by atoms with Crippen LogP contribution in [0.2, 0.25) is 0 Å². The molecule has 2 nitrogen and oxygen atoms in total. The molecule has 0 atom stereocenters. The number of piperidine rings is 1. The third-order valence-electron chi connectivity index (χ3n) is 4.74. The van der Waals surface area contributed by atoms with Crippen LogP contribution in [0.3, 0.4) is 0 Å². The first kappa shape index (κ1) is 15.2. The number of Topliss-reactive ketones (excluding diaryl/α,β-unsaturated/α-hetero) is 1. The van der Waals surface area contributed by atoms with Gasteiger partial charge in [-0.1, -0.05) is 20.3 Å². The van der Waals surface area contributed by atoms with Gasteiger partial charge < -0.3 is 4.90 Å². The molecule has 0 radical (unpaired) electrons. The highest BCUT2D eigenvalue weighted by Gasteiger charge is 2.28. The molecule has 0 unspecified atom stereocenters. The van der Waals surface area contributed by atoms with E-state index in [2.05, 4.69) is 18.7 Å². The summed E-state index contributed by atoms with van der Waals surface area (Å²) in [6.07, 6.45) is 4.19. The molecule has 0 saturated carbocycles. The third kappa shape index (κ3) is 3.89. The van der Waals surface area contributed by atoms with Gasteiger partial charge in [0, 0.05) is 18.5 Å². The van der Waals surface area contributed by atoms with Crippen LogP contribution in [0.5, 0.6) is 0 Å². The average Bonchev–Trinajstić information content (AvgIpc) is 2.47. The Morgan fingerprint density at radius 2 is 1.85 bits per heavy atom. The van der Waals surface area contributed by atoms with E-state index in [4.69, 9.17) is 0 Å². The van der Waals surface area contributed by atoms with Crippen molar-refractivity contribution in [3.05, 3.63) is 35.6 Å². The molecule has 3 heteroatoms. The molecule has 1 aromatic carbocycles. The fourth-order valence-corrected chi connectivity index (χ4v) is 2.71. The number of rotatable bonds is 5. The summed E-state index contributed by atoms with van der Waals surface area (Å²) in [7, 11) is 0. The number of ketones is 1. The van der Waals surface area contributed by atoms with Crippen molar-refractivity contribution in [3.8, 4) is 0 Å². The topological polar surface area (TPSA) is 20.3 Å². The molecule has 0 bridgehead atoms. The van der Waals surface area contributed by atoms with Crippen LogP contribution < -0.4 is 0 Å². The Balaban J connectivity index is 1.79. The van der Waals surface area contributed by atoms with Gasteiger partial charge >= 0.3 is 0 Å². The highest BCUT2D eigenvalue weighted by atomic mass is 19.1. The van der Waals surface area contributed by atoms with Gasteiger partial charge in [-0.15, -0.1) is 0 Å². The van der Waals surface area contributed by atoms with Gasteiger partial charge in [-0.05, 0) is 55.6 Å². The van der Waals surface area contributed by atoms with Gasteiger partial charge in [-0.3, -0.25) is 4.79 Å². The lowest BCUT2D eigenvalue weighted by atomic mass is 9.78. The molecule has 1 aliphatic heterocycles. The van der Waals surface area contributed by atoms with E-state index in [1.54, 1.807) is 12.1 Å². The summed E-state index contributed by atoms with van der Waals surface area (Å²) in [5, 5.41) is 0. The highest BCUT2D eigenvalue weighted by Crippen LogP contribution is 2.33. The first-order valence-corrected chi connectivity index (χ1v) is 7.53. The van der Waals surface area contributed by atoms with Crippen LogP contribution >= 0.6 is 0 Å². The predicted octanol–water partition coefficient (Wildman–Crippen LogP) is 3.91. The zero-order valence-corrected chi connectivity index (χ0v) is 12.5. The molecular formula is C17H24FNO. The van der Waals surface area contributed by atoms with Gasteiger partial charge in [0.25, 0.3) is 0 Å². The summed E-state index contributed by atoms with van der Waals surface area (Å²) >= 11 is 0. The van der Waals surface area contributed by atoms with Gasteiger partial charge in [0.05, 0.1) is 0 Å². The van der Waals surface area contributed by atoms with Crippen molar-refractivity contribution in [1.29, 1.82) is 0 Å². The molecule has 1 aliphatic rings. The second kappa shape index (κ2) is 6.49. The normalized spacial score (nSPS) is 18.9. The van der Waals surface area contributed by atoms with Crippen molar-refractivity contribution in [1.82, 2.24) is 4.90 Å². The number of carbonyl (C=O) groups excluding carboxylic acids is 1. The Bertz CT molecular complexity index is 447. The molecule has 2 rings (SSSR count). The van der Waals surface area contributed by atoms with Crippen molar-refractivity contribution in [3.63, 3.8) is 0 Å². The SMILES string of the molecule is CCC1(C)CCN(CCC(=O)c2ccc(F)cc2)CC1. The van der Waals surface area contributed by atoms with Crippen LogP contribution in [0.25, 0.3) is 0 Å². The lowest BCUT2D eigenvalue weighted by molar-refractivity contribution is 0.0902. The van der Waals surface area contributed by atoms with Crippen LogP contribution in [0.15, 0.2) is 24.3 Å². The van der Waals surface area contributed by atoms with E-state index in [0.29, 0.717) is 17.4 Å². The maximum absolute atomic E-state index is 12.8. The van der Waals surface area contributed by atoms with Crippen LogP contribution in [0.4, 0.5) is 4.39 Å². The van der Waals surface area contributed by atoms with Crippen molar-refractivity contribution in [2.45, 2.75) is 39.5 Å². The maximum Gasteiger partial charge on any atom is 0.164 e. The minimum Gasteiger partial charge on any atom is -0.303 e. The summed E-state index contributed by atoms with van der Waals surface area (Å²) < 4.78 is 12.8. The molecule has 0 N–H and O–H groups in total. The number of likely N-dealkylation sites (tertiary alicyclic amines) is 1. The quantitative estimate of drug-likeness (QED) is 0.761. The van der Waals surface area contributed by atoms with Crippen LogP contribution in [-0.4, -0.2) is 30.3 Å². The summed E-state index contributed by atoms with van der Waals surface area (Å²) in [4.78, 5) is 14.4. The molecule has 1 aromatic rings. The standard InChI is InChI=1S/C17H24FNO/c1-3-17(2)9-12-19(13-10-17)11-8-16(20)14-4-6-15(18)7-5-14/h4-7H,3,8-13H2,1-2H3. The summed E-state index contributed by atoms with van der Waals surface area (Å²) in [6, 6.07) is 5.84. The Labute approximate surface area is 121 Å². The highest BCUT2D eigenvalue weighted by molar-refractivity contribution is 5.96. The Morgan fingerprint density at radius 3 is 2.40 bits per heavy atom. The number of hydrogen-bond donors (Lipinski definition) is 0. The van der Waals surface area contributed by atoms with E-state index in [1.165, 1.54) is 31.4 Å². The molecule has 1 saturated heterocycles.